The maximum atomic E-state index is 13.1. The Bertz CT molecular complexity index is 1060. The third-order valence-electron chi connectivity index (χ3n) is 3.84. The van der Waals surface area contributed by atoms with Crippen LogP contribution in [0.1, 0.15) is 5.01 Å². The molecule has 0 aliphatic carbocycles. The number of hydrogen-bond acceptors (Lipinski definition) is 6. The highest BCUT2D eigenvalue weighted by atomic mass is 35.5. The van der Waals surface area contributed by atoms with Crippen molar-refractivity contribution in [1.29, 1.82) is 5.26 Å². The lowest BCUT2D eigenvalue weighted by molar-refractivity contribution is 0.405. The number of nitrogens with one attached hydrogen (secondary N) is 1. The van der Waals surface area contributed by atoms with Crippen molar-refractivity contribution in [3.8, 4) is 28.8 Å². The first-order chi connectivity index (χ1) is 13.5. The standard InChI is InChI=1S/C20H15ClFN3O2S/c1-26-18-8-16(19(27-2)7-15(18)21)24-10-13(9-23)20-25-17(11-28-20)12-3-5-14(22)6-4-12/h3-8,10-11,24H,1-2H3/b13-10+. The lowest BCUT2D eigenvalue weighted by Crippen LogP contribution is -1.96. The fourth-order valence-corrected chi connectivity index (χ4v) is 3.44. The number of allylic oxidation sites excluding steroid dienone is 1. The monoisotopic (exact) mass is 415 g/mol. The van der Waals surface area contributed by atoms with Crippen molar-refractivity contribution < 1.29 is 13.9 Å². The summed E-state index contributed by atoms with van der Waals surface area (Å²) in [5.74, 6) is 0.670. The highest BCUT2D eigenvalue weighted by molar-refractivity contribution is 7.11. The van der Waals surface area contributed by atoms with Crippen molar-refractivity contribution in [2.24, 2.45) is 0 Å². The van der Waals surface area contributed by atoms with Crippen LogP contribution in [0, 0.1) is 17.1 Å². The van der Waals surface area contributed by atoms with Crippen molar-refractivity contribution in [2.75, 3.05) is 19.5 Å². The van der Waals surface area contributed by atoms with Crippen LogP contribution < -0.4 is 14.8 Å². The summed E-state index contributed by atoms with van der Waals surface area (Å²) < 4.78 is 23.6. The molecule has 0 spiro atoms. The summed E-state index contributed by atoms with van der Waals surface area (Å²) in [6.07, 6.45) is 1.54. The predicted molar refractivity (Wildman–Crippen MR) is 109 cm³/mol. The second-order valence-electron chi connectivity index (χ2n) is 5.55. The SMILES string of the molecule is COc1cc(N/C=C(\C#N)c2nc(-c3ccc(F)cc3)cs2)c(OC)cc1Cl. The van der Waals surface area contributed by atoms with E-state index in [0.29, 0.717) is 38.5 Å². The van der Waals surface area contributed by atoms with Gasteiger partial charge >= 0.3 is 0 Å². The molecule has 0 atom stereocenters. The number of aromatic nitrogens is 1. The number of ether oxygens (including phenoxy) is 2. The topological polar surface area (TPSA) is 67.2 Å². The molecule has 5 nitrogen and oxygen atoms in total. The molecule has 0 saturated heterocycles. The van der Waals surface area contributed by atoms with Crippen LogP contribution in [-0.4, -0.2) is 19.2 Å². The largest absolute Gasteiger partial charge is 0.495 e. The van der Waals surface area contributed by atoms with Gasteiger partial charge in [-0.3, -0.25) is 0 Å². The van der Waals surface area contributed by atoms with Crippen molar-refractivity contribution in [3.05, 3.63) is 63.8 Å². The summed E-state index contributed by atoms with van der Waals surface area (Å²) in [6.45, 7) is 0. The van der Waals surface area contributed by atoms with Gasteiger partial charge in [0.05, 0.1) is 30.6 Å². The quantitative estimate of drug-likeness (QED) is 0.531. The fourth-order valence-electron chi connectivity index (χ4n) is 2.42. The molecular formula is C20H15ClFN3O2S. The number of rotatable bonds is 6. The van der Waals surface area contributed by atoms with Crippen LogP contribution in [0.2, 0.25) is 5.02 Å². The molecule has 28 heavy (non-hydrogen) atoms. The number of halogens is 2. The molecule has 8 heteroatoms. The average molecular weight is 416 g/mol. The fraction of sp³-hybridized carbons (Fsp3) is 0.100. The van der Waals surface area contributed by atoms with Crippen LogP contribution in [0.15, 0.2) is 48.0 Å². The van der Waals surface area contributed by atoms with E-state index in [1.165, 1.54) is 37.7 Å². The second-order valence-corrected chi connectivity index (χ2v) is 6.81. The number of nitrogens with zero attached hydrogens (tertiary/aromatic N) is 2. The van der Waals surface area contributed by atoms with Crippen LogP contribution in [0.5, 0.6) is 11.5 Å². The first-order valence-corrected chi connectivity index (χ1v) is 9.31. The van der Waals surface area contributed by atoms with Gasteiger partial charge in [-0.25, -0.2) is 9.37 Å². The van der Waals surface area contributed by atoms with Gasteiger partial charge in [-0.2, -0.15) is 5.26 Å². The van der Waals surface area contributed by atoms with Crippen LogP contribution in [0.3, 0.4) is 0 Å². The molecule has 0 bridgehead atoms. The molecule has 2 aromatic carbocycles. The minimum Gasteiger partial charge on any atom is -0.495 e. The van der Waals surface area contributed by atoms with Gasteiger partial charge in [-0.05, 0) is 24.3 Å². The van der Waals surface area contributed by atoms with E-state index in [1.54, 1.807) is 30.5 Å². The lowest BCUT2D eigenvalue weighted by Gasteiger charge is -2.12. The van der Waals surface area contributed by atoms with E-state index in [-0.39, 0.29) is 5.82 Å². The molecule has 0 aliphatic heterocycles. The van der Waals surface area contributed by atoms with Crippen molar-refractivity contribution in [3.63, 3.8) is 0 Å². The van der Waals surface area contributed by atoms with E-state index < -0.39 is 0 Å². The summed E-state index contributed by atoms with van der Waals surface area (Å²) in [5.41, 5.74) is 2.38. The Morgan fingerprint density at radius 2 is 1.93 bits per heavy atom. The smallest absolute Gasteiger partial charge is 0.144 e. The van der Waals surface area contributed by atoms with Crippen LogP contribution in [0.25, 0.3) is 16.8 Å². The summed E-state index contributed by atoms with van der Waals surface area (Å²) in [4.78, 5) is 4.47. The molecule has 0 unspecified atom stereocenters. The molecular weight excluding hydrogens is 401 g/mol. The van der Waals surface area contributed by atoms with Gasteiger partial charge in [0.1, 0.15) is 34.0 Å². The number of anilines is 1. The molecule has 1 N–H and O–H groups in total. The van der Waals surface area contributed by atoms with Crippen molar-refractivity contribution in [1.82, 2.24) is 4.98 Å². The van der Waals surface area contributed by atoms with E-state index >= 15 is 0 Å². The first-order valence-electron chi connectivity index (χ1n) is 8.06. The van der Waals surface area contributed by atoms with Gasteiger partial charge in [0.25, 0.3) is 0 Å². The Morgan fingerprint density at radius 3 is 2.57 bits per heavy atom. The molecule has 0 fully saturated rings. The molecule has 0 aliphatic rings. The molecule has 3 aromatic rings. The van der Waals surface area contributed by atoms with E-state index in [9.17, 15) is 9.65 Å². The van der Waals surface area contributed by atoms with E-state index in [4.69, 9.17) is 21.1 Å². The highest BCUT2D eigenvalue weighted by Gasteiger charge is 2.12. The van der Waals surface area contributed by atoms with Crippen molar-refractivity contribution in [2.45, 2.75) is 0 Å². The molecule has 3 rings (SSSR count). The minimum absolute atomic E-state index is 0.312. The van der Waals surface area contributed by atoms with Gasteiger partial charge in [0, 0.05) is 29.3 Å². The van der Waals surface area contributed by atoms with Crippen molar-refractivity contribution >= 4 is 34.2 Å². The van der Waals surface area contributed by atoms with Crippen LogP contribution in [0.4, 0.5) is 10.1 Å². The van der Waals surface area contributed by atoms with Gasteiger partial charge < -0.3 is 14.8 Å². The predicted octanol–water partition coefficient (Wildman–Crippen LogP) is 5.60. The zero-order chi connectivity index (χ0) is 20.1. The zero-order valence-electron chi connectivity index (χ0n) is 15.0. The molecule has 0 amide bonds. The second kappa shape index (κ2) is 8.74. The lowest BCUT2D eigenvalue weighted by atomic mass is 10.2. The van der Waals surface area contributed by atoms with Gasteiger partial charge in [-0.1, -0.05) is 11.6 Å². The molecule has 1 aromatic heterocycles. The number of thiazole rings is 1. The Labute approximate surface area is 170 Å². The summed E-state index contributed by atoms with van der Waals surface area (Å²) in [7, 11) is 3.04. The van der Waals surface area contributed by atoms with E-state index in [1.807, 2.05) is 5.38 Å². The number of methoxy groups -OCH3 is 2. The highest BCUT2D eigenvalue weighted by Crippen LogP contribution is 2.36. The van der Waals surface area contributed by atoms with Gasteiger partial charge in [0.15, 0.2) is 0 Å². The van der Waals surface area contributed by atoms with E-state index in [0.717, 1.165) is 5.56 Å². The van der Waals surface area contributed by atoms with E-state index in [2.05, 4.69) is 16.4 Å². The molecule has 142 valence electrons. The molecule has 0 saturated carbocycles. The summed E-state index contributed by atoms with van der Waals surface area (Å²) in [5, 5.41) is 15.3. The van der Waals surface area contributed by atoms with Crippen LogP contribution in [-0.2, 0) is 0 Å². The Hall–Kier alpha value is -3.08. The number of nitriles is 1. The third-order valence-corrected chi connectivity index (χ3v) is 5.01. The molecule has 0 radical (unpaired) electrons. The normalized spacial score (nSPS) is 11.0. The summed E-state index contributed by atoms with van der Waals surface area (Å²) in [6, 6.07) is 11.5. The average Bonchev–Trinajstić information content (AvgIpc) is 3.19. The minimum atomic E-state index is -0.312. The maximum absolute atomic E-state index is 13.1. The summed E-state index contributed by atoms with van der Waals surface area (Å²) >= 11 is 7.43. The third kappa shape index (κ3) is 4.25. The number of benzene rings is 2. The first kappa shape index (κ1) is 19.7. The van der Waals surface area contributed by atoms with Gasteiger partial charge in [-0.15, -0.1) is 11.3 Å². The molecule has 1 heterocycles. The van der Waals surface area contributed by atoms with Gasteiger partial charge in [0.2, 0.25) is 0 Å². The Kier molecular flexibility index (Phi) is 6.14. The zero-order valence-corrected chi connectivity index (χ0v) is 16.6. The van der Waals surface area contributed by atoms with Crippen LogP contribution >= 0.6 is 22.9 Å². The maximum Gasteiger partial charge on any atom is 0.144 e. The Balaban J connectivity index is 1.88. The Morgan fingerprint density at radius 1 is 1.21 bits per heavy atom. The number of hydrogen-bond donors (Lipinski definition) is 1.